The Kier molecular flexibility index (Phi) is 4.15. The van der Waals surface area contributed by atoms with Crippen molar-refractivity contribution < 1.29 is 4.79 Å². The quantitative estimate of drug-likeness (QED) is 0.922. The van der Waals surface area contributed by atoms with Gasteiger partial charge >= 0.3 is 0 Å². The summed E-state index contributed by atoms with van der Waals surface area (Å²) in [5.41, 5.74) is 3.53. The summed E-state index contributed by atoms with van der Waals surface area (Å²) in [5.74, 6) is 1.13. The van der Waals surface area contributed by atoms with E-state index in [1.807, 2.05) is 12.4 Å². The lowest BCUT2D eigenvalue weighted by molar-refractivity contribution is -0.121. The Labute approximate surface area is 127 Å². The minimum Gasteiger partial charge on any atom is -0.330 e. The Bertz CT molecular complexity index is 671. The number of hydrazone groups is 1. The highest BCUT2D eigenvalue weighted by Gasteiger charge is 2.15. The van der Waals surface area contributed by atoms with Crippen molar-refractivity contribution in [1.82, 2.24) is 15.0 Å². The zero-order valence-electron chi connectivity index (χ0n) is 12.0. The molecule has 0 saturated carbocycles. The van der Waals surface area contributed by atoms with Gasteiger partial charge in [-0.1, -0.05) is 6.92 Å². The summed E-state index contributed by atoms with van der Waals surface area (Å²) >= 11 is 1.73. The smallest absolute Gasteiger partial charge is 0.240 e. The Balaban J connectivity index is 1.73. The van der Waals surface area contributed by atoms with E-state index in [0.717, 1.165) is 42.2 Å². The van der Waals surface area contributed by atoms with Gasteiger partial charge < -0.3 is 4.57 Å². The summed E-state index contributed by atoms with van der Waals surface area (Å²) in [5, 5.41) is 4.15. The average molecular weight is 302 g/mol. The van der Waals surface area contributed by atoms with Crippen LogP contribution in [0, 0.1) is 0 Å². The molecule has 21 heavy (non-hydrogen) atoms. The number of aryl methyl sites for hydroxylation is 1. The van der Waals surface area contributed by atoms with Gasteiger partial charge in [0, 0.05) is 36.5 Å². The summed E-state index contributed by atoms with van der Waals surface area (Å²) in [6.45, 7) is 3.01. The lowest BCUT2D eigenvalue weighted by Crippen LogP contribution is -2.25. The van der Waals surface area contributed by atoms with Crippen molar-refractivity contribution in [2.24, 2.45) is 5.10 Å². The Morgan fingerprint density at radius 1 is 1.38 bits per heavy atom. The number of aromatic nitrogens is 2. The van der Waals surface area contributed by atoms with Gasteiger partial charge in [-0.2, -0.15) is 5.10 Å². The SMILES string of the molecule is CCCc1nccn1Cc1ccc(C2=NNC(=O)CC2)s1. The minimum absolute atomic E-state index is 0.00171. The van der Waals surface area contributed by atoms with Crippen LogP contribution in [0.4, 0.5) is 0 Å². The second-order valence-corrected chi connectivity index (χ2v) is 6.25. The number of amides is 1. The largest absolute Gasteiger partial charge is 0.330 e. The third-order valence-electron chi connectivity index (χ3n) is 3.45. The van der Waals surface area contributed by atoms with Gasteiger partial charge in [0.05, 0.1) is 17.1 Å². The van der Waals surface area contributed by atoms with Crippen LogP contribution in [0.15, 0.2) is 29.6 Å². The molecule has 0 saturated heterocycles. The van der Waals surface area contributed by atoms with Crippen LogP contribution in [-0.2, 0) is 17.8 Å². The van der Waals surface area contributed by atoms with Crippen molar-refractivity contribution in [3.05, 3.63) is 40.1 Å². The second kappa shape index (κ2) is 6.22. The van der Waals surface area contributed by atoms with Crippen LogP contribution in [-0.4, -0.2) is 21.2 Å². The van der Waals surface area contributed by atoms with E-state index < -0.39 is 0 Å². The standard InChI is InChI=1S/C15H18N4OS/c1-2-3-14-16-8-9-19(14)10-11-4-6-13(21-11)12-5-7-15(20)18-17-12/h4,6,8-9H,2-3,5,7,10H2,1H3,(H,18,20). The van der Waals surface area contributed by atoms with E-state index >= 15 is 0 Å². The van der Waals surface area contributed by atoms with Crippen molar-refractivity contribution in [2.75, 3.05) is 0 Å². The van der Waals surface area contributed by atoms with E-state index in [2.05, 4.69) is 39.1 Å². The fourth-order valence-electron chi connectivity index (χ4n) is 2.37. The van der Waals surface area contributed by atoms with Crippen LogP contribution < -0.4 is 5.43 Å². The fourth-order valence-corrected chi connectivity index (χ4v) is 3.40. The van der Waals surface area contributed by atoms with Gasteiger partial charge in [-0.05, 0) is 18.6 Å². The molecule has 1 aliphatic rings. The molecule has 0 radical (unpaired) electrons. The molecule has 110 valence electrons. The molecule has 0 unspecified atom stereocenters. The first-order chi connectivity index (χ1) is 10.3. The fraction of sp³-hybridized carbons (Fsp3) is 0.400. The van der Waals surface area contributed by atoms with Crippen molar-refractivity contribution in [1.29, 1.82) is 0 Å². The summed E-state index contributed by atoms with van der Waals surface area (Å²) in [6.07, 6.45) is 7.24. The van der Waals surface area contributed by atoms with Crippen LogP contribution >= 0.6 is 11.3 Å². The highest BCUT2D eigenvalue weighted by atomic mass is 32.1. The zero-order valence-corrected chi connectivity index (χ0v) is 12.8. The minimum atomic E-state index is -0.00171. The molecule has 0 bridgehead atoms. The first kappa shape index (κ1) is 14.0. The van der Waals surface area contributed by atoms with Gasteiger partial charge in [-0.3, -0.25) is 4.79 Å². The number of nitrogens with one attached hydrogen (secondary N) is 1. The maximum atomic E-state index is 11.1. The first-order valence-electron chi connectivity index (χ1n) is 7.20. The number of imidazole rings is 1. The third-order valence-corrected chi connectivity index (χ3v) is 4.57. The predicted molar refractivity (Wildman–Crippen MR) is 83.6 cm³/mol. The van der Waals surface area contributed by atoms with Crippen LogP contribution in [0.25, 0.3) is 0 Å². The molecule has 1 amide bonds. The molecule has 1 aliphatic heterocycles. The molecule has 6 heteroatoms. The van der Waals surface area contributed by atoms with Crippen LogP contribution in [0.1, 0.15) is 41.8 Å². The van der Waals surface area contributed by atoms with Crippen molar-refractivity contribution in [3.63, 3.8) is 0 Å². The number of thiophene rings is 1. The molecule has 3 rings (SSSR count). The van der Waals surface area contributed by atoms with Gasteiger partial charge in [0.1, 0.15) is 5.82 Å². The van der Waals surface area contributed by atoms with E-state index in [-0.39, 0.29) is 5.91 Å². The number of nitrogens with zero attached hydrogens (tertiary/aromatic N) is 3. The van der Waals surface area contributed by atoms with Gasteiger partial charge in [0.2, 0.25) is 5.91 Å². The number of carbonyl (C=O) groups is 1. The van der Waals surface area contributed by atoms with Crippen molar-refractivity contribution in [2.45, 2.75) is 39.2 Å². The van der Waals surface area contributed by atoms with Crippen LogP contribution in [0.5, 0.6) is 0 Å². The number of hydrogen-bond donors (Lipinski definition) is 1. The van der Waals surface area contributed by atoms with Gasteiger partial charge in [-0.15, -0.1) is 11.3 Å². The zero-order chi connectivity index (χ0) is 14.7. The van der Waals surface area contributed by atoms with Crippen molar-refractivity contribution >= 4 is 23.0 Å². The van der Waals surface area contributed by atoms with E-state index in [0.29, 0.717) is 6.42 Å². The second-order valence-electron chi connectivity index (χ2n) is 5.08. The topological polar surface area (TPSA) is 59.3 Å². The molecule has 1 N–H and O–H groups in total. The normalized spacial score (nSPS) is 14.9. The van der Waals surface area contributed by atoms with E-state index in [1.165, 1.54) is 4.88 Å². The lowest BCUT2D eigenvalue weighted by atomic mass is 10.1. The van der Waals surface area contributed by atoms with E-state index in [9.17, 15) is 4.79 Å². The Morgan fingerprint density at radius 3 is 3.05 bits per heavy atom. The summed E-state index contributed by atoms with van der Waals surface area (Å²) < 4.78 is 2.20. The molecule has 0 aromatic carbocycles. The average Bonchev–Trinajstić information content (AvgIpc) is 3.11. The molecule has 5 nitrogen and oxygen atoms in total. The summed E-state index contributed by atoms with van der Waals surface area (Å²) in [7, 11) is 0. The summed E-state index contributed by atoms with van der Waals surface area (Å²) in [6, 6.07) is 4.22. The molecule has 2 aromatic rings. The van der Waals surface area contributed by atoms with E-state index in [4.69, 9.17) is 0 Å². The Morgan fingerprint density at radius 2 is 2.29 bits per heavy atom. The highest BCUT2D eigenvalue weighted by Crippen LogP contribution is 2.22. The van der Waals surface area contributed by atoms with Gasteiger partial charge in [-0.25, -0.2) is 10.4 Å². The molecule has 2 aromatic heterocycles. The lowest BCUT2D eigenvalue weighted by Gasteiger charge is -2.10. The number of carbonyl (C=O) groups excluding carboxylic acids is 1. The van der Waals surface area contributed by atoms with Crippen molar-refractivity contribution in [3.8, 4) is 0 Å². The summed E-state index contributed by atoms with van der Waals surface area (Å²) in [4.78, 5) is 18.0. The van der Waals surface area contributed by atoms with E-state index in [1.54, 1.807) is 11.3 Å². The molecular formula is C15H18N4OS. The van der Waals surface area contributed by atoms with Crippen LogP contribution in [0.2, 0.25) is 0 Å². The molecule has 3 heterocycles. The maximum Gasteiger partial charge on any atom is 0.240 e. The monoisotopic (exact) mass is 302 g/mol. The molecule has 0 atom stereocenters. The highest BCUT2D eigenvalue weighted by molar-refractivity contribution is 7.14. The third kappa shape index (κ3) is 3.21. The molecular weight excluding hydrogens is 284 g/mol. The maximum absolute atomic E-state index is 11.1. The number of rotatable bonds is 5. The molecule has 0 aliphatic carbocycles. The van der Waals surface area contributed by atoms with Crippen LogP contribution in [0.3, 0.4) is 0 Å². The predicted octanol–water partition coefficient (Wildman–Crippen LogP) is 2.56. The Hall–Kier alpha value is -1.95. The first-order valence-corrected chi connectivity index (χ1v) is 8.02. The van der Waals surface area contributed by atoms with Gasteiger partial charge in [0.25, 0.3) is 0 Å². The number of hydrogen-bond acceptors (Lipinski definition) is 4. The van der Waals surface area contributed by atoms with Gasteiger partial charge in [0.15, 0.2) is 0 Å². The molecule has 0 spiro atoms. The molecule has 0 fully saturated rings.